The van der Waals surface area contributed by atoms with Crippen LogP contribution in [0.5, 0.6) is 5.88 Å². The first-order valence-corrected chi connectivity index (χ1v) is 9.39. The third kappa shape index (κ3) is 3.25. The third-order valence-electron chi connectivity index (χ3n) is 5.62. The molecule has 140 valence electrons. The molecule has 4 rings (SSSR count). The molecule has 8 nitrogen and oxygen atoms in total. The second-order valence-corrected chi connectivity index (χ2v) is 7.40. The number of amides is 1. The van der Waals surface area contributed by atoms with Gasteiger partial charge in [-0.3, -0.25) is 4.79 Å². The van der Waals surface area contributed by atoms with E-state index in [9.17, 15) is 4.79 Å². The highest BCUT2D eigenvalue weighted by molar-refractivity contribution is 5.79. The molecule has 2 aliphatic rings. The lowest BCUT2D eigenvalue weighted by Crippen LogP contribution is -2.46. The predicted octanol–water partition coefficient (Wildman–Crippen LogP) is 1.18. The molecule has 2 aliphatic heterocycles. The van der Waals surface area contributed by atoms with E-state index in [1.165, 1.54) is 0 Å². The Morgan fingerprint density at radius 1 is 1.15 bits per heavy atom. The number of hydrogen-bond acceptors (Lipinski definition) is 6. The fourth-order valence-electron chi connectivity index (χ4n) is 4.14. The quantitative estimate of drug-likeness (QED) is 0.820. The van der Waals surface area contributed by atoms with E-state index < -0.39 is 0 Å². The second kappa shape index (κ2) is 7.19. The van der Waals surface area contributed by atoms with Gasteiger partial charge in [0.15, 0.2) is 11.5 Å². The fourth-order valence-corrected chi connectivity index (χ4v) is 4.14. The molecule has 1 unspecified atom stereocenters. The molecule has 4 heterocycles. The highest BCUT2D eigenvalue weighted by atomic mass is 16.5. The van der Waals surface area contributed by atoms with Gasteiger partial charge in [0.05, 0.1) is 13.0 Å². The molecule has 0 aromatic carbocycles. The average molecular weight is 358 g/mol. The number of ether oxygens (including phenoxy) is 1. The van der Waals surface area contributed by atoms with Gasteiger partial charge >= 0.3 is 0 Å². The molecule has 1 amide bonds. The average Bonchev–Trinajstić information content (AvgIpc) is 3.10. The van der Waals surface area contributed by atoms with Gasteiger partial charge in [-0.25, -0.2) is 0 Å². The van der Waals surface area contributed by atoms with Crippen LogP contribution in [0.3, 0.4) is 0 Å². The van der Waals surface area contributed by atoms with Gasteiger partial charge in [-0.05, 0) is 45.3 Å². The van der Waals surface area contributed by atoms with Crippen molar-refractivity contribution in [1.82, 2.24) is 29.6 Å². The Bertz CT molecular complexity index is 783. The molecule has 0 saturated carbocycles. The lowest BCUT2D eigenvalue weighted by Gasteiger charge is -2.36. The lowest BCUT2D eigenvalue weighted by molar-refractivity contribution is -0.138. The normalized spacial score (nSPS) is 22.7. The van der Waals surface area contributed by atoms with Crippen LogP contribution in [0.25, 0.3) is 5.65 Å². The van der Waals surface area contributed by atoms with E-state index in [0.29, 0.717) is 11.8 Å². The number of piperidine rings is 2. The van der Waals surface area contributed by atoms with Crippen molar-refractivity contribution < 1.29 is 9.53 Å². The summed E-state index contributed by atoms with van der Waals surface area (Å²) in [6.45, 7) is 3.55. The van der Waals surface area contributed by atoms with Crippen LogP contribution in [0, 0.1) is 5.92 Å². The van der Waals surface area contributed by atoms with Crippen molar-refractivity contribution in [3.8, 4) is 5.88 Å². The first kappa shape index (κ1) is 17.2. The predicted molar refractivity (Wildman–Crippen MR) is 96.1 cm³/mol. The lowest BCUT2D eigenvalue weighted by atomic mass is 9.92. The van der Waals surface area contributed by atoms with Crippen LogP contribution in [-0.4, -0.2) is 75.9 Å². The Labute approximate surface area is 153 Å². The number of carbonyl (C=O) groups excluding carboxylic acids is 1. The standard InChI is InChI=1S/C18H26N6O2/c1-22-9-3-4-14(12-22)18(25)23-10-7-13(8-11-23)17-20-19-15-5-6-16(26-2)21-24(15)17/h5-6,13-14H,3-4,7-12H2,1-2H3. The Balaban J connectivity index is 1.43. The Morgan fingerprint density at radius 2 is 1.96 bits per heavy atom. The maximum absolute atomic E-state index is 12.8. The van der Waals surface area contributed by atoms with Crippen molar-refractivity contribution in [3.63, 3.8) is 0 Å². The molecule has 0 N–H and O–H groups in total. The van der Waals surface area contributed by atoms with Crippen molar-refractivity contribution >= 4 is 11.6 Å². The summed E-state index contributed by atoms with van der Waals surface area (Å²) >= 11 is 0. The first-order valence-electron chi connectivity index (χ1n) is 9.39. The number of methoxy groups -OCH3 is 1. The summed E-state index contributed by atoms with van der Waals surface area (Å²) < 4.78 is 6.99. The highest BCUT2D eigenvalue weighted by Crippen LogP contribution is 2.29. The molecule has 0 aliphatic carbocycles. The van der Waals surface area contributed by atoms with Gasteiger partial charge in [0.2, 0.25) is 11.8 Å². The summed E-state index contributed by atoms with van der Waals surface area (Å²) in [6, 6.07) is 3.65. The maximum atomic E-state index is 12.8. The molecule has 0 bridgehead atoms. The van der Waals surface area contributed by atoms with E-state index in [-0.39, 0.29) is 11.8 Å². The number of carbonyl (C=O) groups is 1. The highest BCUT2D eigenvalue weighted by Gasteiger charge is 2.32. The van der Waals surface area contributed by atoms with Gasteiger partial charge in [0.25, 0.3) is 0 Å². The number of likely N-dealkylation sites (tertiary alicyclic amines) is 2. The zero-order valence-corrected chi connectivity index (χ0v) is 15.5. The molecular formula is C18H26N6O2. The van der Waals surface area contributed by atoms with Crippen molar-refractivity contribution in [2.45, 2.75) is 31.6 Å². The summed E-state index contributed by atoms with van der Waals surface area (Å²) in [5, 5.41) is 13.0. The first-order chi connectivity index (χ1) is 12.7. The largest absolute Gasteiger partial charge is 0.480 e. The van der Waals surface area contributed by atoms with Crippen LogP contribution in [0.2, 0.25) is 0 Å². The monoisotopic (exact) mass is 358 g/mol. The van der Waals surface area contributed by atoms with Crippen LogP contribution >= 0.6 is 0 Å². The van der Waals surface area contributed by atoms with Crippen molar-refractivity contribution in [1.29, 1.82) is 0 Å². The summed E-state index contributed by atoms with van der Waals surface area (Å²) in [5.41, 5.74) is 0.726. The zero-order chi connectivity index (χ0) is 18.1. The summed E-state index contributed by atoms with van der Waals surface area (Å²) in [5.74, 6) is 2.16. The molecule has 2 fully saturated rings. The molecule has 2 saturated heterocycles. The topological polar surface area (TPSA) is 75.9 Å². The summed E-state index contributed by atoms with van der Waals surface area (Å²) in [4.78, 5) is 17.1. The number of hydrogen-bond donors (Lipinski definition) is 0. The molecule has 2 aromatic heterocycles. The number of rotatable bonds is 3. The molecular weight excluding hydrogens is 332 g/mol. The molecule has 2 aromatic rings. The van der Waals surface area contributed by atoms with Crippen LogP contribution in [0.4, 0.5) is 0 Å². The minimum absolute atomic E-state index is 0.158. The van der Waals surface area contributed by atoms with Crippen LogP contribution in [0.1, 0.15) is 37.4 Å². The Morgan fingerprint density at radius 3 is 2.69 bits per heavy atom. The smallest absolute Gasteiger partial charge is 0.231 e. The second-order valence-electron chi connectivity index (χ2n) is 7.40. The van der Waals surface area contributed by atoms with Crippen LogP contribution in [0.15, 0.2) is 12.1 Å². The van der Waals surface area contributed by atoms with Crippen LogP contribution < -0.4 is 4.74 Å². The van der Waals surface area contributed by atoms with Crippen LogP contribution in [-0.2, 0) is 4.79 Å². The molecule has 0 spiro atoms. The molecule has 0 radical (unpaired) electrons. The van der Waals surface area contributed by atoms with Crippen molar-refractivity contribution in [3.05, 3.63) is 18.0 Å². The van der Waals surface area contributed by atoms with E-state index >= 15 is 0 Å². The van der Waals surface area contributed by atoms with Crippen molar-refractivity contribution in [2.75, 3.05) is 40.3 Å². The van der Waals surface area contributed by atoms with Gasteiger partial charge in [-0.1, -0.05) is 0 Å². The van der Waals surface area contributed by atoms with E-state index in [1.807, 2.05) is 11.0 Å². The summed E-state index contributed by atoms with van der Waals surface area (Å²) in [7, 11) is 3.70. The number of nitrogens with zero attached hydrogens (tertiary/aromatic N) is 6. The Kier molecular flexibility index (Phi) is 4.76. The van der Waals surface area contributed by atoms with Gasteiger partial charge in [-0.15, -0.1) is 15.3 Å². The number of fused-ring (bicyclic) bond motifs is 1. The SMILES string of the molecule is COc1ccc2nnc(C3CCN(C(=O)C4CCCN(C)C4)CC3)n2n1. The van der Waals surface area contributed by atoms with E-state index in [4.69, 9.17) is 4.74 Å². The van der Waals surface area contributed by atoms with Gasteiger partial charge in [0, 0.05) is 31.6 Å². The molecule has 8 heteroatoms. The minimum Gasteiger partial charge on any atom is -0.480 e. The Hall–Kier alpha value is -2.22. The summed E-state index contributed by atoms with van der Waals surface area (Å²) in [6.07, 6.45) is 3.92. The minimum atomic E-state index is 0.158. The van der Waals surface area contributed by atoms with Gasteiger partial charge in [-0.2, -0.15) is 4.52 Å². The molecule has 26 heavy (non-hydrogen) atoms. The van der Waals surface area contributed by atoms with Gasteiger partial charge in [0.1, 0.15) is 0 Å². The number of aromatic nitrogens is 4. The van der Waals surface area contributed by atoms with Crippen molar-refractivity contribution in [2.24, 2.45) is 5.92 Å². The van der Waals surface area contributed by atoms with E-state index in [1.54, 1.807) is 17.7 Å². The maximum Gasteiger partial charge on any atom is 0.231 e. The van der Waals surface area contributed by atoms with E-state index in [0.717, 1.165) is 63.3 Å². The zero-order valence-electron chi connectivity index (χ0n) is 15.5. The van der Waals surface area contributed by atoms with E-state index in [2.05, 4.69) is 27.2 Å². The molecule has 1 atom stereocenters. The third-order valence-corrected chi connectivity index (χ3v) is 5.62. The van der Waals surface area contributed by atoms with Gasteiger partial charge < -0.3 is 14.5 Å². The fraction of sp³-hybridized carbons (Fsp3) is 0.667.